The lowest BCUT2D eigenvalue weighted by Gasteiger charge is -2.38. The molecular weight excluding hydrogens is 371 g/mol. The number of rotatable bonds is 6. The highest BCUT2D eigenvalue weighted by molar-refractivity contribution is 5.87. The van der Waals surface area contributed by atoms with Crippen LogP contribution in [0.2, 0.25) is 0 Å². The van der Waals surface area contributed by atoms with Gasteiger partial charge in [-0.05, 0) is 13.3 Å². The molecule has 0 fully saturated rings. The number of carboxylic acid groups (broad SMARTS) is 2. The van der Waals surface area contributed by atoms with Gasteiger partial charge in [0, 0.05) is 25.3 Å². The van der Waals surface area contributed by atoms with E-state index in [0.29, 0.717) is 0 Å². The smallest absolute Gasteiger partial charge is 0.433 e. The van der Waals surface area contributed by atoms with Gasteiger partial charge in [-0.25, -0.2) is 14.8 Å². The largest absolute Gasteiger partial charge is 0.481 e. The predicted molar refractivity (Wildman–Crippen MR) is 85.9 cm³/mol. The molecule has 3 N–H and O–H groups in total. The van der Waals surface area contributed by atoms with Crippen molar-refractivity contribution in [1.29, 1.82) is 0 Å². The molecule has 11 heteroatoms. The van der Waals surface area contributed by atoms with E-state index in [0.717, 1.165) is 6.20 Å². The van der Waals surface area contributed by atoms with Gasteiger partial charge in [-0.1, -0.05) is 12.2 Å². The maximum Gasteiger partial charge on any atom is 0.433 e. The highest BCUT2D eigenvalue weighted by Crippen LogP contribution is 2.40. The summed E-state index contributed by atoms with van der Waals surface area (Å²) < 4.78 is 44.4. The van der Waals surface area contributed by atoms with E-state index in [1.807, 2.05) is 0 Å². The molecule has 27 heavy (non-hydrogen) atoms. The van der Waals surface area contributed by atoms with Gasteiger partial charge >= 0.3 is 18.1 Å². The second kappa shape index (κ2) is 7.14. The van der Waals surface area contributed by atoms with Crippen LogP contribution in [0.15, 0.2) is 18.3 Å². The molecule has 0 bridgehead atoms. The van der Waals surface area contributed by atoms with Crippen molar-refractivity contribution in [3.8, 4) is 0 Å². The molecule has 2 atom stereocenters. The van der Waals surface area contributed by atoms with Crippen LogP contribution in [0.5, 0.6) is 0 Å². The van der Waals surface area contributed by atoms with Crippen LogP contribution in [-0.2, 0) is 27.1 Å². The number of nitrogens with one attached hydrogen (secondary N) is 1. The van der Waals surface area contributed by atoms with Gasteiger partial charge < -0.3 is 20.3 Å². The second-order valence-electron chi connectivity index (χ2n) is 6.55. The highest BCUT2D eigenvalue weighted by Gasteiger charge is 2.49. The van der Waals surface area contributed by atoms with Crippen LogP contribution in [0.1, 0.15) is 31.0 Å². The number of carbonyl (C=O) groups is 2. The fraction of sp³-hybridized carbons (Fsp3) is 0.500. The van der Waals surface area contributed by atoms with Crippen LogP contribution in [0.4, 0.5) is 19.1 Å². The highest BCUT2D eigenvalue weighted by atomic mass is 19.4. The first kappa shape index (κ1) is 20.6. The Hall–Kier alpha value is -2.69. The molecule has 0 amide bonds. The Bertz CT molecular complexity index is 783. The summed E-state index contributed by atoms with van der Waals surface area (Å²) in [5, 5.41) is 21.4. The molecule has 8 nitrogen and oxygen atoms in total. The van der Waals surface area contributed by atoms with E-state index in [9.17, 15) is 33.0 Å². The molecule has 1 heterocycles. The zero-order valence-electron chi connectivity index (χ0n) is 14.5. The molecule has 0 aromatic carbocycles. The van der Waals surface area contributed by atoms with Crippen LogP contribution in [0.25, 0.3) is 0 Å². The monoisotopic (exact) mass is 389 g/mol. The minimum absolute atomic E-state index is 0.0838. The standard InChI is InChI=1S/C16H18F3N3O5/c1-14(11(23)24)4-3-5-15(8-14,12(25)26)22-13-20-6-9(7-27-2)10(21-13)16(17,18)19/h3,5-6H,4,7-8H2,1-2H3,(H,23,24)(H,25,26)(H,20,21,22). The Balaban J connectivity index is 2.46. The van der Waals surface area contributed by atoms with Gasteiger partial charge in [-0.15, -0.1) is 0 Å². The Kier molecular flexibility index (Phi) is 5.45. The SMILES string of the molecule is COCc1cnc(NC2(C(=O)O)C=CCC(C)(C(=O)O)C2)nc1C(F)(F)F. The first-order valence-electron chi connectivity index (χ1n) is 7.78. The molecule has 148 valence electrons. The number of aromatic nitrogens is 2. The summed E-state index contributed by atoms with van der Waals surface area (Å²) in [5.74, 6) is -3.25. The quantitative estimate of drug-likeness (QED) is 0.634. The van der Waals surface area contributed by atoms with Crippen molar-refractivity contribution < 1.29 is 37.7 Å². The molecule has 1 aliphatic rings. The van der Waals surface area contributed by atoms with Crippen LogP contribution in [0, 0.1) is 5.41 Å². The average Bonchev–Trinajstić information content (AvgIpc) is 2.55. The second-order valence-corrected chi connectivity index (χ2v) is 6.55. The lowest BCUT2D eigenvalue weighted by atomic mass is 9.70. The minimum Gasteiger partial charge on any atom is -0.481 e. The average molecular weight is 389 g/mol. The van der Waals surface area contributed by atoms with Crippen LogP contribution < -0.4 is 5.32 Å². The van der Waals surface area contributed by atoms with Crippen molar-refractivity contribution in [2.24, 2.45) is 5.41 Å². The molecule has 2 unspecified atom stereocenters. The van der Waals surface area contributed by atoms with Crippen molar-refractivity contribution in [1.82, 2.24) is 9.97 Å². The summed E-state index contributed by atoms with van der Waals surface area (Å²) in [6, 6.07) is 0. The summed E-state index contributed by atoms with van der Waals surface area (Å²) in [5.41, 5.74) is -4.95. The molecule has 0 radical (unpaired) electrons. The number of nitrogens with zero attached hydrogens (tertiary/aromatic N) is 2. The van der Waals surface area contributed by atoms with Crippen LogP contribution in [-0.4, -0.2) is 44.8 Å². The molecule has 2 rings (SSSR count). The van der Waals surface area contributed by atoms with Gasteiger partial charge in [0.15, 0.2) is 11.2 Å². The van der Waals surface area contributed by atoms with Crippen LogP contribution >= 0.6 is 0 Å². The normalized spacial score (nSPS) is 25.2. The van der Waals surface area contributed by atoms with Gasteiger partial charge in [0.05, 0.1) is 12.0 Å². The first-order valence-corrected chi connectivity index (χ1v) is 7.78. The van der Waals surface area contributed by atoms with E-state index >= 15 is 0 Å². The van der Waals surface area contributed by atoms with Gasteiger partial charge in [-0.2, -0.15) is 13.2 Å². The topological polar surface area (TPSA) is 122 Å². The van der Waals surface area contributed by atoms with Crippen LogP contribution in [0.3, 0.4) is 0 Å². The molecule has 1 aromatic heterocycles. The number of alkyl halides is 3. The van der Waals surface area contributed by atoms with E-state index < -0.39 is 47.1 Å². The first-order chi connectivity index (χ1) is 12.4. The summed E-state index contributed by atoms with van der Waals surface area (Å²) in [6.07, 6.45) is -1.66. The Morgan fingerprint density at radius 3 is 2.52 bits per heavy atom. The van der Waals surface area contributed by atoms with E-state index in [-0.39, 0.29) is 18.6 Å². The maximum atomic E-state index is 13.2. The molecule has 1 aromatic rings. The number of ether oxygens (including phenoxy) is 1. The molecule has 1 aliphatic carbocycles. The number of hydrogen-bond acceptors (Lipinski definition) is 6. The summed E-state index contributed by atoms with van der Waals surface area (Å²) in [7, 11) is 1.21. The number of hydrogen-bond donors (Lipinski definition) is 3. The number of allylic oxidation sites excluding steroid dienone is 1. The van der Waals surface area contributed by atoms with E-state index in [1.54, 1.807) is 0 Å². The molecule has 0 saturated heterocycles. The molecule has 0 saturated carbocycles. The Labute approximate surface area is 152 Å². The van der Waals surface area contributed by atoms with Gasteiger partial charge in [0.25, 0.3) is 0 Å². The maximum absolute atomic E-state index is 13.2. The van der Waals surface area contributed by atoms with Crippen molar-refractivity contribution in [3.05, 3.63) is 29.6 Å². The lowest BCUT2D eigenvalue weighted by Crippen LogP contribution is -2.52. The number of anilines is 1. The fourth-order valence-electron chi connectivity index (χ4n) is 2.89. The molecule has 0 spiro atoms. The number of carboxylic acids is 2. The summed E-state index contributed by atoms with van der Waals surface area (Å²) in [6.45, 7) is 0.984. The van der Waals surface area contributed by atoms with Gasteiger partial charge in [0.2, 0.25) is 5.95 Å². The summed E-state index contributed by atoms with van der Waals surface area (Å²) in [4.78, 5) is 30.5. The predicted octanol–water partition coefficient (Wildman–Crippen LogP) is 2.32. The minimum atomic E-state index is -4.80. The Morgan fingerprint density at radius 2 is 2.00 bits per heavy atom. The van der Waals surface area contributed by atoms with Crippen molar-refractivity contribution in [2.45, 2.75) is 38.1 Å². The lowest BCUT2D eigenvalue weighted by molar-refractivity contribution is -0.151. The van der Waals surface area contributed by atoms with E-state index in [1.165, 1.54) is 26.2 Å². The third-order valence-electron chi connectivity index (χ3n) is 4.31. The third-order valence-corrected chi connectivity index (χ3v) is 4.31. The fourth-order valence-corrected chi connectivity index (χ4v) is 2.89. The van der Waals surface area contributed by atoms with E-state index in [4.69, 9.17) is 4.74 Å². The van der Waals surface area contributed by atoms with Crippen molar-refractivity contribution in [2.75, 3.05) is 12.4 Å². The van der Waals surface area contributed by atoms with E-state index in [2.05, 4.69) is 15.3 Å². The molecule has 0 aliphatic heterocycles. The molecular formula is C16H18F3N3O5. The van der Waals surface area contributed by atoms with Gasteiger partial charge in [0.1, 0.15) is 0 Å². The third kappa shape index (κ3) is 4.18. The number of methoxy groups -OCH3 is 1. The van der Waals surface area contributed by atoms with Gasteiger partial charge in [-0.3, -0.25) is 4.79 Å². The zero-order valence-corrected chi connectivity index (χ0v) is 14.5. The van der Waals surface area contributed by atoms with Crippen molar-refractivity contribution >= 4 is 17.9 Å². The number of halogens is 3. The summed E-state index contributed by atoms with van der Waals surface area (Å²) >= 11 is 0. The zero-order chi connectivity index (χ0) is 20.5. The van der Waals surface area contributed by atoms with Crippen molar-refractivity contribution in [3.63, 3.8) is 0 Å². The number of aliphatic carboxylic acids is 2. The Morgan fingerprint density at radius 1 is 1.33 bits per heavy atom.